The third-order valence-corrected chi connectivity index (χ3v) is 2.63. The van der Waals surface area contributed by atoms with Crippen LogP contribution in [0.2, 0.25) is 0 Å². The zero-order valence-electron chi connectivity index (χ0n) is 9.55. The Morgan fingerprint density at radius 1 is 1.36 bits per heavy atom. The van der Waals surface area contributed by atoms with Crippen LogP contribution in [-0.4, -0.2) is 36.0 Å². The number of hydrogen-bond acceptors (Lipinski definition) is 3. The zero-order chi connectivity index (χ0) is 11.2. The van der Waals surface area contributed by atoms with E-state index in [0.717, 1.165) is 26.1 Å². The summed E-state index contributed by atoms with van der Waals surface area (Å²) in [6, 6.07) is 0. The van der Waals surface area contributed by atoms with Crippen LogP contribution in [0.4, 0.5) is 0 Å². The van der Waals surface area contributed by atoms with E-state index in [-0.39, 0.29) is 0 Å². The predicted molar refractivity (Wildman–Crippen MR) is 58.8 cm³/mol. The largest absolute Gasteiger partial charge is 0.368 e. The number of amides is 1. The summed E-state index contributed by atoms with van der Waals surface area (Å²) in [6.45, 7) is 8.99. The van der Waals surface area contributed by atoms with Crippen molar-refractivity contribution >= 4 is 5.91 Å². The molecule has 0 aliphatic heterocycles. The molecule has 0 fully saturated rings. The summed E-state index contributed by atoms with van der Waals surface area (Å²) in [4.78, 5) is 13.2. The molecule has 4 heteroatoms. The molecule has 0 saturated heterocycles. The average Bonchev–Trinajstić information content (AvgIpc) is 2.12. The van der Waals surface area contributed by atoms with Gasteiger partial charge in [-0.25, -0.2) is 0 Å². The molecule has 4 N–H and O–H groups in total. The van der Waals surface area contributed by atoms with E-state index >= 15 is 0 Å². The summed E-state index contributed by atoms with van der Waals surface area (Å²) < 4.78 is 0. The van der Waals surface area contributed by atoms with Gasteiger partial charge in [0.2, 0.25) is 5.91 Å². The highest BCUT2D eigenvalue weighted by Crippen LogP contribution is 2.08. The van der Waals surface area contributed by atoms with E-state index in [1.54, 1.807) is 6.92 Å². The fourth-order valence-electron chi connectivity index (χ4n) is 1.33. The Balaban J connectivity index is 3.78. The van der Waals surface area contributed by atoms with E-state index in [1.165, 1.54) is 0 Å². The van der Waals surface area contributed by atoms with Gasteiger partial charge in [0, 0.05) is 0 Å². The zero-order valence-corrected chi connectivity index (χ0v) is 9.55. The second kappa shape index (κ2) is 5.98. The lowest BCUT2D eigenvalue weighted by Gasteiger charge is -2.23. The van der Waals surface area contributed by atoms with Gasteiger partial charge in [-0.2, -0.15) is 0 Å². The molecule has 1 atom stereocenters. The van der Waals surface area contributed by atoms with Crippen LogP contribution in [0.5, 0.6) is 0 Å². The second-order valence-corrected chi connectivity index (χ2v) is 3.91. The first-order valence-electron chi connectivity index (χ1n) is 5.25. The number of carbonyl (C=O) groups is 1. The van der Waals surface area contributed by atoms with Crippen molar-refractivity contribution in [3.05, 3.63) is 0 Å². The molecule has 0 aromatic rings. The molecule has 0 bridgehead atoms. The van der Waals surface area contributed by atoms with Crippen LogP contribution in [-0.2, 0) is 4.79 Å². The van der Waals surface area contributed by atoms with Crippen molar-refractivity contribution in [2.75, 3.05) is 19.6 Å². The summed E-state index contributed by atoms with van der Waals surface area (Å²) in [5.41, 5.74) is 10.1. The van der Waals surface area contributed by atoms with Crippen LogP contribution in [0.15, 0.2) is 0 Å². The van der Waals surface area contributed by atoms with Crippen LogP contribution in [0, 0.1) is 0 Å². The Kier molecular flexibility index (Phi) is 5.72. The van der Waals surface area contributed by atoms with Crippen molar-refractivity contribution in [1.29, 1.82) is 0 Å². The molecule has 0 aromatic carbocycles. The highest BCUT2D eigenvalue weighted by molar-refractivity contribution is 5.83. The van der Waals surface area contributed by atoms with Crippen LogP contribution in [0.3, 0.4) is 0 Å². The molecule has 1 unspecified atom stereocenters. The fraction of sp³-hybridized carbons (Fsp3) is 0.900. The molecule has 0 heterocycles. The summed E-state index contributed by atoms with van der Waals surface area (Å²) in [5, 5.41) is 0. The minimum Gasteiger partial charge on any atom is -0.368 e. The summed E-state index contributed by atoms with van der Waals surface area (Å²) in [7, 11) is 0. The maximum absolute atomic E-state index is 10.9. The highest BCUT2D eigenvalue weighted by atomic mass is 16.1. The van der Waals surface area contributed by atoms with E-state index < -0.39 is 11.4 Å². The Bertz CT molecular complexity index is 176. The van der Waals surface area contributed by atoms with Gasteiger partial charge in [0.25, 0.3) is 0 Å². The molecular formula is C10H23N3O. The van der Waals surface area contributed by atoms with Crippen molar-refractivity contribution in [1.82, 2.24) is 4.90 Å². The molecular weight excluding hydrogens is 178 g/mol. The van der Waals surface area contributed by atoms with Crippen molar-refractivity contribution in [2.24, 2.45) is 11.5 Å². The molecule has 0 rings (SSSR count). The molecule has 1 amide bonds. The van der Waals surface area contributed by atoms with E-state index in [2.05, 4.69) is 18.7 Å². The lowest BCUT2D eigenvalue weighted by atomic mass is 9.96. The lowest BCUT2D eigenvalue weighted by molar-refractivity contribution is -0.122. The Morgan fingerprint density at radius 3 is 2.21 bits per heavy atom. The van der Waals surface area contributed by atoms with Crippen LogP contribution in [0.1, 0.15) is 33.6 Å². The molecule has 0 saturated carbocycles. The van der Waals surface area contributed by atoms with Gasteiger partial charge in [-0.05, 0) is 39.4 Å². The molecule has 4 nitrogen and oxygen atoms in total. The van der Waals surface area contributed by atoms with Gasteiger partial charge < -0.3 is 16.4 Å². The fourth-order valence-corrected chi connectivity index (χ4v) is 1.33. The average molecular weight is 201 g/mol. The third kappa shape index (κ3) is 4.58. The minimum absolute atomic E-state index is 0.419. The normalized spacial score (nSPS) is 15.5. The van der Waals surface area contributed by atoms with E-state index in [4.69, 9.17) is 11.5 Å². The molecule has 0 aromatic heterocycles. The molecule has 0 aliphatic carbocycles. The number of nitrogens with two attached hydrogens (primary N) is 2. The van der Waals surface area contributed by atoms with E-state index in [1.807, 2.05) is 0 Å². The summed E-state index contributed by atoms with van der Waals surface area (Å²) in [6.07, 6.45) is 1.57. The van der Waals surface area contributed by atoms with Crippen molar-refractivity contribution in [3.8, 4) is 0 Å². The molecule has 14 heavy (non-hydrogen) atoms. The Hall–Kier alpha value is -0.610. The topological polar surface area (TPSA) is 72.3 Å². The summed E-state index contributed by atoms with van der Waals surface area (Å²) >= 11 is 0. The number of rotatable bonds is 7. The summed E-state index contributed by atoms with van der Waals surface area (Å²) in [5.74, 6) is -0.419. The SMILES string of the molecule is CCN(CC)CCCC(C)(N)C(N)=O. The quantitative estimate of drug-likeness (QED) is 0.622. The van der Waals surface area contributed by atoms with Crippen LogP contribution < -0.4 is 11.5 Å². The first kappa shape index (κ1) is 13.4. The predicted octanol–water partition coefficient (Wildman–Crippen LogP) is 0.311. The van der Waals surface area contributed by atoms with Gasteiger partial charge in [0.1, 0.15) is 0 Å². The van der Waals surface area contributed by atoms with Crippen LogP contribution >= 0.6 is 0 Å². The van der Waals surface area contributed by atoms with Gasteiger partial charge >= 0.3 is 0 Å². The van der Waals surface area contributed by atoms with Gasteiger partial charge in [0.05, 0.1) is 5.54 Å². The first-order valence-corrected chi connectivity index (χ1v) is 5.25. The number of carbonyl (C=O) groups excluding carboxylic acids is 1. The van der Waals surface area contributed by atoms with Gasteiger partial charge in [-0.15, -0.1) is 0 Å². The first-order chi connectivity index (χ1) is 6.44. The number of nitrogens with zero attached hydrogens (tertiary/aromatic N) is 1. The highest BCUT2D eigenvalue weighted by Gasteiger charge is 2.24. The molecule has 0 radical (unpaired) electrons. The molecule has 84 valence electrons. The number of primary amides is 1. The Morgan fingerprint density at radius 2 is 1.86 bits per heavy atom. The van der Waals surface area contributed by atoms with E-state index in [9.17, 15) is 4.79 Å². The van der Waals surface area contributed by atoms with Gasteiger partial charge in [-0.1, -0.05) is 13.8 Å². The van der Waals surface area contributed by atoms with Crippen LogP contribution in [0.25, 0.3) is 0 Å². The minimum atomic E-state index is -0.854. The van der Waals surface area contributed by atoms with E-state index in [0.29, 0.717) is 6.42 Å². The molecule has 0 aliphatic rings. The van der Waals surface area contributed by atoms with Crippen molar-refractivity contribution in [3.63, 3.8) is 0 Å². The maximum Gasteiger partial charge on any atom is 0.237 e. The third-order valence-electron chi connectivity index (χ3n) is 2.63. The molecule has 0 spiro atoms. The maximum atomic E-state index is 10.9. The Labute approximate surface area is 86.6 Å². The van der Waals surface area contributed by atoms with Crippen molar-refractivity contribution < 1.29 is 4.79 Å². The monoisotopic (exact) mass is 201 g/mol. The smallest absolute Gasteiger partial charge is 0.237 e. The second-order valence-electron chi connectivity index (χ2n) is 3.91. The van der Waals surface area contributed by atoms with Crippen molar-refractivity contribution in [2.45, 2.75) is 39.2 Å². The lowest BCUT2D eigenvalue weighted by Crippen LogP contribution is -2.49. The number of hydrogen-bond donors (Lipinski definition) is 2. The van der Waals surface area contributed by atoms with Gasteiger partial charge in [-0.3, -0.25) is 4.79 Å². The van der Waals surface area contributed by atoms with Gasteiger partial charge in [0.15, 0.2) is 0 Å². The standard InChI is InChI=1S/C10H23N3O/c1-4-13(5-2)8-6-7-10(3,12)9(11)14/h4-8,12H2,1-3H3,(H2,11,14).